The zero-order valence-electron chi connectivity index (χ0n) is 14.0. The molecule has 1 saturated heterocycles. The van der Waals surface area contributed by atoms with Gasteiger partial charge in [0.15, 0.2) is 5.67 Å². The van der Waals surface area contributed by atoms with Gasteiger partial charge in [0.2, 0.25) is 5.88 Å². The van der Waals surface area contributed by atoms with Gasteiger partial charge in [-0.1, -0.05) is 6.07 Å². The van der Waals surface area contributed by atoms with E-state index in [1.54, 1.807) is 6.20 Å². The molecule has 0 spiro atoms. The summed E-state index contributed by atoms with van der Waals surface area (Å²) in [7, 11) is 0. The molecule has 24 heavy (non-hydrogen) atoms. The Bertz CT molecular complexity index is 761. The number of pyridine rings is 1. The summed E-state index contributed by atoms with van der Waals surface area (Å²) in [5, 5.41) is 4.40. The van der Waals surface area contributed by atoms with Gasteiger partial charge < -0.3 is 14.8 Å². The number of carbonyl (C=O) groups is 1. The maximum absolute atomic E-state index is 13.9. The van der Waals surface area contributed by atoms with E-state index >= 15 is 0 Å². The van der Waals surface area contributed by atoms with Crippen LogP contribution in [0.5, 0.6) is 11.6 Å². The Balaban J connectivity index is 1.78. The zero-order valence-corrected chi connectivity index (χ0v) is 14.0. The lowest BCUT2D eigenvalue weighted by Crippen LogP contribution is -2.33. The van der Waals surface area contributed by atoms with Crippen molar-refractivity contribution >= 4 is 16.7 Å². The highest BCUT2D eigenvalue weighted by Crippen LogP contribution is 2.29. The fourth-order valence-corrected chi connectivity index (χ4v) is 2.80. The number of aromatic nitrogens is 1. The van der Waals surface area contributed by atoms with Crippen molar-refractivity contribution in [2.45, 2.75) is 45.0 Å². The molecule has 0 radical (unpaired) electrons. The van der Waals surface area contributed by atoms with E-state index in [1.807, 2.05) is 38.1 Å². The summed E-state index contributed by atoms with van der Waals surface area (Å²) in [5.74, 6) is 0.596. The van der Waals surface area contributed by atoms with Gasteiger partial charge in [-0.15, -0.1) is 0 Å². The number of halogens is 1. The third kappa shape index (κ3) is 3.42. The molecule has 1 aromatic carbocycles. The second kappa shape index (κ2) is 6.26. The van der Waals surface area contributed by atoms with E-state index in [2.05, 4.69) is 10.3 Å². The van der Waals surface area contributed by atoms with Crippen molar-refractivity contribution in [3.8, 4) is 11.6 Å². The maximum Gasteiger partial charge on any atom is 0.257 e. The predicted octanol–water partition coefficient (Wildman–Crippen LogP) is 3.02. The zero-order chi connectivity index (χ0) is 17.3. The lowest BCUT2D eigenvalue weighted by Gasteiger charge is -2.14. The maximum atomic E-state index is 13.9. The summed E-state index contributed by atoms with van der Waals surface area (Å²) in [6.45, 7) is 5.38. The topological polar surface area (TPSA) is 60.5 Å². The first-order valence-electron chi connectivity index (χ1n) is 8.03. The summed E-state index contributed by atoms with van der Waals surface area (Å²) < 4.78 is 25.4. The quantitative estimate of drug-likeness (QED) is 0.914. The van der Waals surface area contributed by atoms with Crippen LogP contribution in [-0.2, 0) is 4.79 Å². The molecular weight excluding hydrogens is 311 g/mol. The van der Waals surface area contributed by atoms with Gasteiger partial charge in [-0.3, -0.25) is 4.79 Å². The highest BCUT2D eigenvalue weighted by molar-refractivity contribution is 5.88. The van der Waals surface area contributed by atoms with Crippen molar-refractivity contribution in [2.24, 2.45) is 0 Å². The number of hydrogen-bond acceptors (Lipinski definition) is 4. The van der Waals surface area contributed by atoms with E-state index in [1.165, 1.54) is 6.92 Å². The molecule has 0 bridgehead atoms. The standard InChI is InChI=1S/C18H21FN2O3/c1-11(2)24-14-5-4-12-6-7-20-16(15(12)8-14)23-10-13-9-18(3,19)17(22)21-13/h4-8,11,13H,9-10H2,1-3H3,(H,21,22)/t13-,18+/m0/s1. The van der Waals surface area contributed by atoms with E-state index in [0.717, 1.165) is 16.5 Å². The summed E-state index contributed by atoms with van der Waals surface area (Å²) >= 11 is 0. The lowest BCUT2D eigenvalue weighted by molar-refractivity contribution is -0.128. The Labute approximate surface area is 140 Å². The Hall–Kier alpha value is -2.37. The van der Waals surface area contributed by atoms with Gasteiger partial charge >= 0.3 is 0 Å². The normalized spacial score (nSPS) is 23.5. The molecule has 1 aliphatic heterocycles. The fourth-order valence-electron chi connectivity index (χ4n) is 2.80. The Morgan fingerprint density at radius 1 is 1.42 bits per heavy atom. The number of nitrogens with one attached hydrogen (secondary N) is 1. The van der Waals surface area contributed by atoms with Crippen LogP contribution in [0.1, 0.15) is 27.2 Å². The Morgan fingerprint density at radius 3 is 2.88 bits per heavy atom. The summed E-state index contributed by atoms with van der Waals surface area (Å²) in [6.07, 6.45) is 1.82. The summed E-state index contributed by atoms with van der Waals surface area (Å²) in [6, 6.07) is 7.25. The van der Waals surface area contributed by atoms with Crippen LogP contribution < -0.4 is 14.8 Å². The van der Waals surface area contributed by atoms with Crippen molar-refractivity contribution in [1.29, 1.82) is 0 Å². The third-order valence-electron chi connectivity index (χ3n) is 3.93. The van der Waals surface area contributed by atoms with Crippen LogP contribution in [-0.4, -0.2) is 35.3 Å². The highest BCUT2D eigenvalue weighted by atomic mass is 19.1. The largest absolute Gasteiger partial charge is 0.491 e. The van der Waals surface area contributed by atoms with Gasteiger partial charge in [0, 0.05) is 18.0 Å². The molecule has 6 heteroatoms. The van der Waals surface area contributed by atoms with Gasteiger partial charge in [0.05, 0.1) is 12.1 Å². The molecule has 0 aliphatic carbocycles. The molecular formula is C18H21FN2O3. The average Bonchev–Trinajstić information content (AvgIpc) is 2.77. The molecule has 3 rings (SSSR count). The summed E-state index contributed by atoms with van der Waals surface area (Å²) in [4.78, 5) is 15.8. The smallest absolute Gasteiger partial charge is 0.257 e. The lowest BCUT2D eigenvalue weighted by atomic mass is 10.1. The first-order valence-corrected chi connectivity index (χ1v) is 8.03. The van der Waals surface area contributed by atoms with Crippen LogP contribution in [0.3, 0.4) is 0 Å². The van der Waals surface area contributed by atoms with Crippen molar-refractivity contribution in [1.82, 2.24) is 10.3 Å². The van der Waals surface area contributed by atoms with Crippen LogP contribution >= 0.6 is 0 Å². The molecule has 2 heterocycles. The first-order chi connectivity index (χ1) is 11.3. The van der Waals surface area contributed by atoms with Gasteiger partial charge in [-0.05, 0) is 44.4 Å². The minimum absolute atomic E-state index is 0.0689. The fraction of sp³-hybridized carbons (Fsp3) is 0.444. The van der Waals surface area contributed by atoms with Crippen LogP contribution in [0.15, 0.2) is 30.5 Å². The molecule has 0 unspecified atom stereocenters. The van der Waals surface area contributed by atoms with Crippen molar-refractivity contribution in [2.75, 3.05) is 6.61 Å². The van der Waals surface area contributed by atoms with Crippen LogP contribution in [0, 0.1) is 0 Å². The van der Waals surface area contributed by atoms with E-state index in [9.17, 15) is 9.18 Å². The predicted molar refractivity (Wildman–Crippen MR) is 89.1 cm³/mol. The number of nitrogens with zero attached hydrogens (tertiary/aromatic N) is 1. The van der Waals surface area contributed by atoms with Gasteiger partial charge in [0.25, 0.3) is 5.91 Å². The van der Waals surface area contributed by atoms with Crippen molar-refractivity contribution in [3.63, 3.8) is 0 Å². The Kier molecular flexibility index (Phi) is 4.30. The first kappa shape index (κ1) is 16.5. The molecule has 2 atom stereocenters. The van der Waals surface area contributed by atoms with Gasteiger partial charge in [-0.25, -0.2) is 9.37 Å². The van der Waals surface area contributed by atoms with Crippen LogP contribution in [0.4, 0.5) is 4.39 Å². The number of benzene rings is 1. The van der Waals surface area contributed by atoms with Crippen LogP contribution in [0.25, 0.3) is 10.8 Å². The van der Waals surface area contributed by atoms with E-state index < -0.39 is 11.6 Å². The molecule has 0 saturated carbocycles. The van der Waals surface area contributed by atoms with E-state index in [4.69, 9.17) is 9.47 Å². The molecule has 1 aliphatic rings. The Morgan fingerprint density at radius 2 is 2.21 bits per heavy atom. The molecule has 1 amide bonds. The SMILES string of the molecule is CC(C)Oc1ccc2ccnc(OC[C@@H]3C[C@@](C)(F)C(=O)N3)c2c1. The minimum atomic E-state index is -1.83. The number of amides is 1. The molecule has 2 aromatic rings. The van der Waals surface area contributed by atoms with Gasteiger partial charge in [-0.2, -0.15) is 0 Å². The molecule has 5 nitrogen and oxygen atoms in total. The number of fused-ring (bicyclic) bond motifs is 1. The van der Waals surface area contributed by atoms with Crippen molar-refractivity contribution < 1.29 is 18.7 Å². The number of rotatable bonds is 5. The second-order valence-corrected chi connectivity index (χ2v) is 6.55. The molecule has 1 N–H and O–H groups in total. The third-order valence-corrected chi connectivity index (χ3v) is 3.93. The van der Waals surface area contributed by atoms with E-state index in [0.29, 0.717) is 5.88 Å². The molecule has 128 valence electrons. The van der Waals surface area contributed by atoms with E-state index in [-0.39, 0.29) is 25.2 Å². The highest BCUT2D eigenvalue weighted by Gasteiger charge is 2.43. The monoisotopic (exact) mass is 332 g/mol. The second-order valence-electron chi connectivity index (χ2n) is 6.55. The number of carbonyl (C=O) groups excluding carboxylic acids is 1. The number of hydrogen-bond donors (Lipinski definition) is 1. The minimum Gasteiger partial charge on any atom is -0.491 e. The number of alkyl halides is 1. The van der Waals surface area contributed by atoms with Gasteiger partial charge in [0.1, 0.15) is 12.4 Å². The molecule has 1 aromatic heterocycles. The summed E-state index contributed by atoms with van der Waals surface area (Å²) in [5.41, 5.74) is -1.83. The average molecular weight is 332 g/mol. The molecule has 1 fully saturated rings. The number of ether oxygens (including phenoxy) is 2. The van der Waals surface area contributed by atoms with Crippen LogP contribution in [0.2, 0.25) is 0 Å². The van der Waals surface area contributed by atoms with Crippen molar-refractivity contribution in [3.05, 3.63) is 30.5 Å².